The number of hydrogen-bond acceptors (Lipinski definition) is 1. The largest absolute Gasteiger partial charge is 0.305 e. The molecule has 1 heterocycles. The molecule has 3 nitrogen and oxygen atoms in total. The minimum atomic E-state index is -0.111. The summed E-state index contributed by atoms with van der Waals surface area (Å²) in [5.74, 6) is -0.111. The molecule has 0 bridgehead atoms. The lowest BCUT2D eigenvalue weighted by atomic mass is 10.2. The Hall–Kier alpha value is -2.16. The molecule has 0 atom stereocenters. The van der Waals surface area contributed by atoms with Crippen molar-refractivity contribution >= 4 is 5.91 Å². The summed E-state index contributed by atoms with van der Waals surface area (Å²) in [6.45, 7) is 4.00. The number of carbonyl (C=O) groups excluding carboxylic acids is 1. The lowest BCUT2D eigenvalue weighted by Crippen LogP contribution is -2.48. The molecule has 0 unspecified atom stereocenters. The first-order valence-corrected chi connectivity index (χ1v) is 5.51. The Morgan fingerprint density at radius 1 is 1.06 bits per heavy atom. The molecule has 0 saturated carbocycles. The predicted molar refractivity (Wildman–Crippen MR) is 66.2 cm³/mol. The van der Waals surface area contributed by atoms with Crippen LogP contribution in [0.2, 0.25) is 0 Å². The van der Waals surface area contributed by atoms with Crippen LogP contribution < -0.4 is 10.1 Å². The molecule has 17 heavy (non-hydrogen) atoms. The van der Waals surface area contributed by atoms with Gasteiger partial charge in [-0.05, 0) is 32.0 Å². The summed E-state index contributed by atoms with van der Waals surface area (Å²) in [6.07, 6.45) is 3.77. The van der Waals surface area contributed by atoms with E-state index >= 15 is 0 Å². The fourth-order valence-electron chi connectivity index (χ4n) is 1.75. The van der Waals surface area contributed by atoms with Gasteiger partial charge in [0.25, 0.3) is 0 Å². The molecule has 1 amide bonds. The first-order valence-electron chi connectivity index (χ1n) is 5.51. The molecule has 0 aliphatic rings. The van der Waals surface area contributed by atoms with Crippen LogP contribution in [-0.2, 0) is 0 Å². The van der Waals surface area contributed by atoms with E-state index in [1.54, 1.807) is 16.8 Å². The van der Waals surface area contributed by atoms with Crippen molar-refractivity contribution in [3.63, 3.8) is 0 Å². The van der Waals surface area contributed by atoms with E-state index in [1.165, 1.54) is 0 Å². The molecule has 1 aromatic carbocycles. The number of aryl methyl sites for hydroxylation is 2. The number of amides is 1. The highest BCUT2D eigenvalue weighted by molar-refractivity contribution is 5.98. The smallest absolute Gasteiger partial charge is 0.264 e. The van der Waals surface area contributed by atoms with E-state index in [0.717, 1.165) is 11.1 Å². The van der Waals surface area contributed by atoms with Gasteiger partial charge in [0.05, 0.1) is 0 Å². The van der Waals surface area contributed by atoms with Gasteiger partial charge in [0.15, 0.2) is 0 Å². The van der Waals surface area contributed by atoms with E-state index in [9.17, 15) is 4.79 Å². The van der Waals surface area contributed by atoms with Crippen LogP contribution in [0.15, 0.2) is 48.8 Å². The summed E-state index contributed by atoms with van der Waals surface area (Å²) in [5, 5.41) is 0. The fourth-order valence-corrected chi connectivity index (χ4v) is 1.75. The maximum absolute atomic E-state index is 11.9. The van der Waals surface area contributed by atoms with Crippen LogP contribution in [-0.4, -0.2) is 5.91 Å². The van der Waals surface area contributed by atoms with Gasteiger partial charge < -0.3 is 0 Å². The monoisotopic (exact) mass is 227 g/mol. The van der Waals surface area contributed by atoms with Gasteiger partial charge in [-0.25, -0.2) is 0 Å². The molecule has 86 valence electrons. The predicted octanol–water partition coefficient (Wildman–Crippen LogP) is 1.97. The third kappa shape index (κ3) is 2.91. The Bertz CT molecular complexity index is 515. The molecule has 0 spiro atoms. The van der Waals surface area contributed by atoms with Crippen molar-refractivity contribution in [2.45, 2.75) is 13.8 Å². The Morgan fingerprint density at radius 3 is 2.24 bits per heavy atom. The third-order valence-electron chi connectivity index (χ3n) is 2.41. The summed E-state index contributed by atoms with van der Waals surface area (Å²) < 4.78 is 1.69. The van der Waals surface area contributed by atoms with E-state index in [4.69, 9.17) is 0 Å². The van der Waals surface area contributed by atoms with Gasteiger partial charge in [0, 0.05) is 16.7 Å². The van der Waals surface area contributed by atoms with Gasteiger partial charge in [-0.1, -0.05) is 22.9 Å². The zero-order chi connectivity index (χ0) is 12.3. The normalized spacial score (nSPS) is 10.0. The molecular formula is C14H15N2O+. The summed E-state index contributed by atoms with van der Waals surface area (Å²) in [4.78, 5) is 11.9. The average Bonchev–Trinajstić information content (AvgIpc) is 2.28. The number of carbonyl (C=O) groups is 1. The lowest BCUT2D eigenvalue weighted by Gasteiger charge is -2.01. The standard InChI is InChI=1S/C14H14N2O/c1-11-8-12(2)10-16(9-11)15-14(17)13-6-4-3-5-7-13/h3-10H,1-2H3/p+1. The maximum atomic E-state index is 11.9. The second-order valence-electron chi connectivity index (χ2n) is 4.10. The summed E-state index contributed by atoms with van der Waals surface area (Å²) >= 11 is 0. The molecule has 0 aliphatic heterocycles. The van der Waals surface area contributed by atoms with Gasteiger partial charge in [0.1, 0.15) is 0 Å². The molecule has 0 aliphatic carbocycles. The molecular weight excluding hydrogens is 212 g/mol. The van der Waals surface area contributed by atoms with Crippen LogP contribution >= 0.6 is 0 Å². The van der Waals surface area contributed by atoms with Crippen molar-refractivity contribution in [1.82, 2.24) is 0 Å². The Morgan fingerprint density at radius 2 is 1.65 bits per heavy atom. The molecule has 0 fully saturated rings. The SMILES string of the molecule is Cc1cc(C)c[n+](NC(=O)c2ccccc2)c1. The van der Waals surface area contributed by atoms with Crippen LogP contribution in [0.4, 0.5) is 0 Å². The Labute approximate surface area is 101 Å². The fraction of sp³-hybridized carbons (Fsp3) is 0.143. The van der Waals surface area contributed by atoms with E-state index in [0.29, 0.717) is 5.56 Å². The van der Waals surface area contributed by atoms with Crippen LogP contribution in [0.1, 0.15) is 21.5 Å². The van der Waals surface area contributed by atoms with Crippen molar-refractivity contribution in [3.05, 3.63) is 65.5 Å². The summed E-state index contributed by atoms with van der Waals surface area (Å²) in [6, 6.07) is 11.2. The zero-order valence-corrected chi connectivity index (χ0v) is 9.97. The van der Waals surface area contributed by atoms with E-state index in [1.807, 2.05) is 44.4 Å². The maximum Gasteiger partial charge on any atom is 0.305 e. The second-order valence-corrected chi connectivity index (χ2v) is 4.10. The summed E-state index contributed by atoms with van der Waals surface area (Å²) in [7, 11) is 0. The van der Waals surface area contributed by atoms with Crippen LogP contribution in [0.5, 0.6) is 0 Å². The first-order chi connectivity index (χ1) is 8.15. The van der Waals surface area contributed by atoms with Crippen molar-refractivity contribution < 1.29 is 9.47 Å². The van der Waals surface area contributed by atoms with Crippen molar-refractivity contribution in [2.75, 3.05) is 5.43 Å². The number of nitrogens with zero attached hydrogens (tertiary/aromatic N) is 1. The van der Waals surface area contributed by atoms with Gasteiger partial charge in [-0.3, -0.25) is 4.79 Å². The number of rotatable bonds is 2. The van der Waals surface area contributed by atoms with E-state index in [2.05, 4.69) is 11.5 Å². The average molecular weight is 227 g/mol. The van der Waals surface area contributed by atoms with Crippen molar-refractivity contribution in [1.29, 1.82) is 0 Å². The van der Waals surface area contributed by atoms with Crippen LogP contribution in [0.25, 0.3) is 0 Å². The van der Waals surface area contributed by atoms with Crippen LogP contribution in [0.3, 0.4) is 0 Å². The Kier molecular flexibility index (Phi) is 3.19. The topological polar surface area (TPSA) is 33.0 Å². The van der Waals surface area contributed by atoms with E-state index in [-0.39, 0.29) is 5.91 Å². The highest BCUT2D eigenvalue weighted by Crippen LogP contribution is 1.99. The number of benzene rings is 1. The molecule has 3 heteroatoms. The molecule has 1 aromatic heterocycles. The number of hydrogen-bond donors (Lipinski definition) is 1. The number of nitrogens with one attached hydrogen (secondary N) is 1. The van der Waals surface area contributed by atoms with Crippen molar-refractivity contribution in [2.24, 2.45) is 0 Å². The highest BCUT2D eigenvalue weighted by Gasteiger charge is 2.10. The minimum Gasteiger partial charge on any atom is -0.264 e. The molecule has 1 N–H and O–H groups in total. The van der Waals surface area contributed by atoms with Gasteiger partial charge in [0.2, 0.25) is 12.4 Å². The highest BCUT2D eigenvalue weighted by atomic mass is 16.2. The molecule has 2 rings (SSSR count). The van der Waals surface area contributed by atoms with Gasteiger partial charge in [-0.2, -0.15) is 0 Å². The van der Waals surface area contributed by atoms with Crippen LogP contribution in [0, 0.1) is 13.8 Å². The third-order valence-corrected chi connectivity index (χ3v) is 2.41. The minimum absolute atomic E-state index is 0.111. The number of aromatic nitrogens is 1. The molecule has 2 aromatic rings. The zero-order valence-electron chi connectivity index (χ0n) is 9.97. The quantitative estimate of drug-likeness (QED) is 0.782. The number of pyridine rings is 1. The van der Waals surface area contributed by atoms with Gasteiger partial charge >= 0.3 is 5.91 Å². The first kappa shape index (κ1) is 11.3. The van der Waals surface area contributed by atoms with Gasteiger partial charge in [-0.15, -0.1) is 5.43 Å². The second kappa shape index (κ2) is 4.78. The Balaban J connectivity index is 2.19. The molecule has 0 radical (unpaired) electrons. The summed E-state index contributed by atoms with van der Waals surface area (Å²) in [5.41, 5.74) is 5.69. The van der Waals surface area contributed by atoms with E-state index < -0.39 is 0 Å². The lowest BCUT2D eigenvalue weighted by molar-refractivity contribution is -0.642. The van der Waals surface area contributed by atoms with Crippen molar-refractivity contribution in [3.8, 4) is 0 Å². The molecule has 0 saturated heterocycles.